The van der Waals surface area contributed by atoms with E-state index < -0.39 is 6.04 Å². The van der Waals surface area contributed by atoms with Crippen molar-refractivity contribution in [2.45, 2.75) is 65.3 Å². The number of carbonyl (C=O) groups is 2. The summed E-state index contributed by atoms with van der Waals surface area (Å²) in [7, 11) is 0. The summed E-state index contributed by atoms with van der Waals surface area (Å²) in [5.41, 5.74) is 2.32. The molecule has 2 amide bonds. The van der Waals surface area contributed by atoms with E-state index in [1.165, 1.54) is 5.56 Å². The Morgan fingerprint density at radius 2 is 1.82 bits per heavy atom. The minimum atomic E-state index is -0.576. The van der Waals surface area contributed by atoms with Gasteiger partial charge in [0.15, 0.2) is 6.61 Å². The van der Waals surface area contributed by atoms with E-state index in [9.17, 15) is 9.59 Å². The van der Waals surface area contributed by atoms with Crippen LogP contribution in [0.4, 0.5) is 0 Å². The number of carbonyl (C=O) groups excluding carboxylic acids is 2. The van der Waals surface area contributed by atoms with Crippen molar-refractivity contribution in [2.24, 2.45) is 0 Å². The standard InChI is InChI=1S/C27H37BrN2O3/c1-6-7-16-29-26(32)20(2)30(17-15-21-11-9-8-10-12-21)25(31)19-33-24-14-13-22(18-23(24)28)27(3,4)5/h8-14,18,20H,6-7,15-17,19H2,1-5H3,(H,29,32). The first kappa shape index (κ1) is 26.9. The van der Waals surface area contributed by atoms with E-state index in [0.717, 1.165) is 22.9 Å². The summed E-state index contributed by atoms with van der Waals surface area (Å²) in [4.78, 5) is 27.5. The van der Waals surface area contributed by atoms with Gasteiger partial charge in [-0.2, -0.15) is 0 Å². The Bertz CT molecular complexity index is 909. The number of rotatable bonds is 11. The largest absolute Gasteiger partial charge is 0.483 e. The molecule has 1 atom stereocenters. The predicted octanol–water partition coefficient (Wildman–Crippen LogP) is 5.50. The third kappa shape index (κ3) is 8.50. The average molecular weight is 518 g/mol. The fourth-order valence-corrected chi connectivity index (χ4v) is 3.91. The third-order valence-corrected chi connectivity index (χ3v) is 6.25. The van der Waals surface area contributed by atoms with Gasteiger partial charge in [-0.1, -0.05) is 70.5 Å². The fourth-order valence-electron chi connectivity index (χ4n) is 3.41. The van der Waals surface area contributed by atoms with Crippen molar-refractivity contribution in [1.29, 1.82) is 0 Å². The molecule has 2 rings (SSSR count). The van der Waals surface area contributed by atoms with Gasteiger partial charge in [-0.05, 0) is 64.4 Å². The number of nitrogens with zero attached hydrogens (tertiary/aromatic N) is 1. The van der Waals surface area contributed by atoms with Crippen LogP contribution in [0.25, 0.3) is 0 Å². The zero-order valence-corrected chi connectivity index (χ0v) is 22.1. The van der Waals surface area contributed by atoms with Crippen molar-refractivity contribution in [2.75, 3.05) is 19.7 Å². The molecule has 0 saturated heterocycles. The van der Waals surface area contributed by atoms with E-state index >= 15 is 0 Å². The van der Waals surface area contributed by atoms with Crippen LogP contribution in [0.3, 0.4) is 0 Å². The smallest absolute Gasteiger partial charge is 0.261 e. The first-order valence-corrected chi connectivity index (χ1v) is 12.5. The van der Waals surface area contributed by atoms with Gasteiger partial charge >= 0.3 is 0 Å². The highest BCUT2D eigenvalue weighted by Gasteiger charge is 2.26. The van der Waals surface area contributed by atoms with E-state index in [2.05, 4.69) is 48.9 Å². The van der Waals surface area contributed by atoms with Crippen LogP contribution in [-0.4, -0.2) is 42.5 Å². The Kier molecular flexibility index (Phi) is 10.4. The lowest BCUT2D eigenvalue weighted by Gasteiger charge is -2.29. The zero-order valence-electron chi connectivity index (χ0n) is 20.5. The predicted molar refractivity (Wildman–Crippen MR) is 138 cm³/mol. The highest BCUT2D eigenvalue weighted by molar-refractivity contribution is 9.10. The molecular formula is C27H37BrN2O3. The van der Waals surface area contributed by atoms with E-state index in [-0.39, 0.29) is 23.8 Å². The molecule has 0 aliphatic heterocycles. The lowest BCUT2D eigenvalue weighted by atomic mass is 9.87. The Balaban J connectivity index is 2.09. The quantitative estimate of drug-likeness (QED) is 0.401. The molecule has 5 nitrogen and oxygen atoms in total. The molecule has 0 bridgehead atoms. The normalized spacial score (nSPS) is 12.2. The summed E-state index contributed by atoms with van der Waals surface area (Å²) in [6, 6.07) is 15.3. The third-order valence-electron chi connectivity index (χ3n) is 5.63. The molecule has 0 spiro atoms. The summed E-state index contributed by atoms with van der Waals surface area (Å²) in [5, 5.41) is 2.94. The molecule has 0 heterocycles. The summed E-state index contributed by atoms with van der Waals surface area (Å²) in [6.45, 7) is 11.2. The Morgan fingerprint density at radius 3 is 2.42 bits per heavy atom. The molecule has 0 radical (unpaired) electrons. The van der Waals surface area contributed by atoms with Crippen molar-refractivity contribution in [3.8, 4) is 5.75 Å². The zero-order chi connectivity index (χ0) is 24.4. The van der Waals surface area contributed by atoms with Crippen LogP contribution in [-0.2, 0) is 21.4 Å². The number of ether oxygens (including phenoxy) is 1. The molecule has 180 valence electrons. The molecule has 6 heteroatoms. The highest BCUT2D eigenvalue weighted by atomic mass is 79.9. The van der Waals surface area contributed by atoms with Gasteiger partial charge in [0.05, 0.1) is 4.47 Å². The second kappa shape index (κ2) is 12.8. The van der Waals surface area contributed by atoms with Crippen LogP contribution in [0.1, 0.15) is 58.6 Å². The second-order valence-electron chi connectivity index (χ2n) is 9.33. The maximum absolute atomic E-state index is 13.2. The molecule has 0 saturated carbocycles. The van der Waals surface area contributed by atoms with Crippen molar-refractivity contribution in [3.63, 3.8) is 0 Å². The first-order chi connectivity index (χ1) is 15.6. The van der Waals surface area contributed by atoms with Gasteiger partial charge in [0.1, 0.15) is 11.8 Å². The SMILES string of the molecule is CCCCNC(=O)C(C)N(CCc1ccccc1)C(=O)COc1ccc(C(C)(C)C)cc1Br. The van der Waals surface area contributed by atoms with Gasteiger partial charge in [-0.15, -0.1) is 0 Å². The molecule has 1 N–H and O–H groups in total. The number of amides is 2. The molecule has 2 aromatic carbocycles. The van der Waals surface area contributed by atoms with Crippen LogP contribution < -0.4 is 10.1 Å². The Labute approximate surface area is 207 Å². The fraction of sp³-hybridized carbons (Fsp3) is 0.481. The van der Waals surface area contributed by atoms with Gasteiger partial charge in [0, 0.05) is 13.1 Å². The van der Waals surface area contributed by atoms with E-state index in [1.807, 2.05) is 48.5 Å². The van der Waals surface area contributed by atoms with Crippen LogP contribution >= 0.6 is 15.9 Å². The number of hydrogen-bond acceptors (Lipinski definition) is 3. The second-order valence-corrected chi connectivity index (χ2v) is 10.2. The van der Waals surface area contributed by atoms with Crippen LogP contribution in [0, 0.1) is 0 Å². The van der Waals surface area contributed by atoms with Crippen molar-refractivity contribution < 1.29 is 14.3 Å². The maximum Gasteiger partial charge on any atom is 0.261 e. The van der Waals surface area contributed by atoms with Gasteiger partial charge in [-0.25, -0.2) is 0 Å². The van der Waals surface area contributed by atoms with Crippen LogP contribution in [0.15, 0.2) is 53.0 Å². The van der Waals surface area contributed by atoms with E-state index in [1.54, 1.807) is 11.8 Å². The topological polar surface area (TPSA) is 58.6 Å². The van der Waals surface area contributed by atoms with Gasteiger partial charge in [0.25, 0.3) is 5.91 Å². The highest BCUT2D eigenvalue weighted by Crippen LogP contribution is 2.31. The summed E-state index contributed by atoms with van der Waals surface area (Å²) >= 11 is 3.56. The van der Waals surface area contributed by atoms with Crippen molar-refractivity contribution in [1.82, 2.24) is 10.2 Å². The minimum absolute atomic E-state index is 0.0195. The molecule has 1 unspecified atom stereocenters. The molecule has 2 aromatic rings. The van der Waals surface area contributed by atoms with Gasteiger partial charge in [-0.3, -0.25) is 9.59 Å². The lowest BCUT2D eigenvalue weighted by molar-refractivity contribution is -0.141. The number of halogens is 1. The summed E-state index contributed by atoms with van der Waals surface area (Å²) in [6.07, 6.45) is 2.59. The van der Waals surface area contributed by atoms with Crippen molar-refractivity contribution in [3.05, 3.63) is 64.1 Å². The van der Waals surface area contributed by atoms with Crippen molar-refractivity contribution >= 4 is 27.7 Å². The van der Waals surface area contributed by atoms with E-state index in [4.69, 9.17) is 4.74 Å². The molecular weight excluding hydrogens is 480 g/mol. The molecule has 0 fully saturated rings. The van der Waals surface area contributed by atoms with Crippen LogP contribution in [0.2, 0.25) is 0 Å². The molecule has 0 aliphatic carbocycles. The Hall–Kier alpha value is -2.34. The first-order valence-electron chi connectivity index (χ1n) is 11.7. The molecule has 0 aliphatic rings. The average Bonchev–Trinajstić information content (AvgIpc) is 2.78. The Morgan fingerprint density at radius 1 is 1.12 bits per heavy atom. The van der Waals surface area contributed by atoms with Gasteiger partial charge in [0.2, 0.25) is 5.91 Å². The number of nitrogens with one attached hydrogen (secondary N) is 1. The summed E-state index contributed by atoms with van der Waals surface area (Å²) in [5.74, 6) is 0.260. The lowest BCUT2D eigenvalue weighted by Crippen LogP contribution is -2.50. The van der Waals surface area contributed by atoms with Crippen LogP contribution in [0.5, 0.6) is 5.75 Å². The van der Waals surface area contributed by atoms with E-state index in [0.29, 0.717) is 25.3 Å². The monoisotopic (exact) mass is 516 g/mol. The number of hydrogen-bond donors (Lipinski definition) is 1. The summed E-state index contributed by atoms with van der Waals surface area (Å²) < 4.78 is 6.67. The van der Waals surface area contributed by atoms with Gasteiger partial charge < -0.3 is 15.0 Å². The maximum atomic E-state index is 13.2. The number of unbranched alkanes of at least 4 members (excludes halogenated alkanes) is 1. The number of benzene rings is 2. The molecule has 0 aromatic heterocycles. The molecule has 33 heavy (non-hydrogen) atoms. The minimum Gasteiger partial charge on any atom is -0.483 e.